The standard InChI is InChI=1S/C25H42O2/c1-3-5-7-14-20-25(21-15-8-6-4-2,23-18-12-13-19-24(23)26)27-22-16-10-9-11-17-22/h12-13,18-19,22,26H,3-11,14-17,20-21H2,1-2H3. The van der Waals surface area contributed by atoms with Crippen molar-refractivity contribution in [3.8, 4) is 5.75 Å². The number of para-hydroxylation sites is 1. The monoisotopic (exact) mass is 374 g/mol. The zero-order valence-electron chi connectivity index (χ0n) is 17.8. The van der Waals surface area contributed by atoms with Crippen LogP contribution in [0.1, 0.15) is 116 Å². The third kappa shape index (κ3) is 7.14. The Morgan fingerprint density at radius 2 is 1.44 bits per heavy atom. The Morgan fingerprint density at radius 1 is 0.852 bits per heavy atom. The quantitative estimate of drug-likeness (QED) is 0.356. The highest BCUT2D eigenvalue weighted by atomic mass is 16.5. The Hall–Kier alpha value is -1.02. The fourth-order valence-electron chi connectivity index (χ4n) is 4.61. The predicted octanol–water partition coefficient (Wildman–Crippen LogP) is 7.88. The molecule has 1 aliphatic carbocycles. The summed E-state index contributed by atoms with van der Waals surface area (Å²) in [5, 5.41) is 10.7. The van der Waals surface area contributed by atoms with Crippen LogP contribution in [-0.4, -0.2) is 11.2 Å². The zero-order chi connectivity index (χ0) is 19.4. The van der Waals surface area contributed by atoms with E-state index in [1.54, 1.807) is 0 Å². The van der Waals surface area contributed by atoms with Crippen LogP contribution in [0.2, 0.25) is 0 Å². The lowest BCUT2D eigenvalue weighted by Crippen LogP contribution is -2.35. The van der Waals surface area contributed by atoms with E-state index < -0.39 is 0 Å². The molecule has 0 spiro atoms. The molecule has 1 fully saturated rings. The normalized spacial score (nSPS) is 15.9. The number of phenolic OH excluding ortho intramolecular Hbond substituents is 1. The van der Waals surface area contributed by atoms with Crippen molar-refractivity contribution in [1.29, 1.82) is 0 Å². The summed E-state index contributed by atoms with van der Waals surface area (Å²) in [7, 11) is 0. The summed E-state index contributed by atoms with van der Waals surface area (Å²) in [6.07, 6.45) is 18.7. The topological polar surface area (TPSA) is 29.5 Å². The number of benzene rings is 1. The summed E-state index contributed by atoms with van der Waals surface area (Å²) in [5.41, 5.74) is 0.720. The first-order chi connectivity index (χ1) is 13.2. The smallest absolute Gasteiger partial charge is 0.121 e. The second-order valence-corrected chi connectivity index (χ2v) is 8.51. The Bertz CT molecular complexity index is 493. The summed E-state index contributed by atoms with van der Waals surface area (Å²) < 4.78 is 6.95. The van der Waals surface area contributed by atoms with Gasteiger partial charge in [-0.05, 0) is 31.7 Å². The van der Waals surface area contributed by atoms with Crippen molar-refractivity contribution in [2.45, 2.75) is 122 Å². The maximum Gasteiger partial charge on any atom is 0.121 e. The molecule has 2 nitrogen and oxygen atoms in total. The van der Waals surface area contributed by atoms with Crippen molar-refractivity contribution in [2.24, 2.45) is 0 Å². The number of ether oxygens (including phenoxy) is 1. The van der Waals surface area contributed by atoms with Crippen LogP contribution in [-0.2, 0) is 10.3 Å². The van der Waals surface area contributed by atoms with Crippen LogP contribution in [0.25, 0.3) is 0 Å². The third-order valence-corrected chi connectivity index (χ3v) is 6.21. The van der Waals surface area contributed by atoms with Crippen LogP contribution in [0.5, 0.6) is 5.75 Å². The molecule has 0 aromatic heterocycles. The summed E-state index contributed by atoms with van der Waals surface area (Å²) in [6, 6.07) is 7.94. The number of rotatable bonds is 13. The molecule has 1 aromatic carbocycles. The predicted molar refractivity (Wildman–Crippen MR) is 115 cm³/mol. The van der Waals surface area contributed by atoms with Crippen molar-refractivity contribution >= 4 is 0 Å². The molecule has 0 saturated heterocycles. The molecule has 1 aromatic rings. The lowest BCUT2D eigenvalue weighted by Gasteiger charge is -2.40. The highest BCUT2D eigenvalue weighted by Crippen LogP contribution is 2.43. The van der Waals surface area contributed by atoms with E-state index in [9.17, 15) is 5.11 Å². The minimum Gasteiger partial charge on any atom is -0.508 e. The van der Waals surface area contributed by atoms with Gasteiger partial charge in [0.05, 0.1) is 11.7 Å². The number of aromatic hydroxyl groups is 1. The van der Waals surface area contributed by atoms with Crippen molar-refractivity contribution in [3.05, 3.63) is 29.8 Å². The average molecular weight is 375 g/mol. The van der Waals surface area contributed by atoms with Crippen LogP contribution < -0.4 is 0 Å². The van der Waals surface area contributed by atoms with Crippen molar-refractivity contribution in [1.82, 2.24) is 0 Å². The van der Waals surface area contributed by atoms with E-state index >= 15 is 0 Å². The molecular weight excluding hydrogens is 332 g/mol. The van der Waals surface area contributed by atoms with Crippen molar-refractivity contribution in [3.63, 3.8) is 0 Å². The maximum atomic E-state index is 10.7. The Morgan fingerprint density at radius 3 is 2.00 bits per heavy atom. The maximum absolute atomic E-state index is 10.7. The molecule has 2 heteroatoms. The van der Waals surface area contributed by atoms with Gasteiger partial charge in [0.25, 0.3) is 0 Å². The molecule has 154 valence electrons. The average Bonchev–Trinajstić information content (AvgIpc) is 2.69. The summed E-state index contributed by atoms with van der Waals surface area (Å²) in [6.45, 7) is 4.53. The first kappa shape index (κ1) is 22.3. The van der Waals surface area contributed by atoms with Gasteiger partial charge in [0.2, 0.25) is 0 Å². The van der Waals surface area contributed by atoms with Gasteiger partial charge in [-0.25, -0.2) is 0 Å². The van der Waals surface area contributed by atoms with Gasteiger partial charge in [0.1, 0.15) is 5.75 Å². The fraction of sp³-hybridized carbons (Fsp3) is 0.760. The van der Waals surface area contributed by atoms with E-state index in [1.807, 2.05) is 12.1 Å². The highest BCUT2D eigenvalue weighted by molar-refractivity contribution is 5.37. The fourth-order valence-corrected chi connectivity index (χ4v) is 4.61. The van der Waals surface area contributed by atoms with E-state index in [2.05, 4.69) is 26.0 Å². The van der Waals surface area contributed by atoms with E-state index in [-0.39, 0.29) is 5.60 Å². The molecular formula is C25H42O2. The van der Waals surface area contributed by atoms with Gasteiger partial charge in [0.15, 0.2) is 0 Å². The summed E-state index contributed by atoms with van der Waals surface area (Å²) in [5.74, 6) is 0.416. The van der Waals surface area contributed by atoms with Crippen LogP contribution >= 0.6 is 0 Å². The summed E-state index contributed by atoms with van der Waals surface area (Å²) in [4.78, 5) is 0. The largest absolute Gasteiger partial charge is 0.508 e. The van der Waals surface area contributed by atoms with Gasteiger partial charge < -0.3 is 9.84 Å². The molecule has 1 aliphatic rings. The first-order valence-electron chi connectivity index (χ1n) is 11.7. The number of hydrogen-bond donors (Lipinski definition) is 1. The molecule has 1 N–H and O–H groups in total. The second-order valence-electron chi connectivity index (χ2n) is 8.51. The molecule has 27 heavy (non-hydrogen) atoms. The van der Waals surface area contributed by atoms with Gasteiger partial charge in [-0.2, -0.15) is 0 Å². The summed E-state index contributed by atoms with van der Waals surface area (Å²) >= 11 is 0. The minimum absolute atomic E-state index is 0.311. The lowest BCUT2D eigenvalue weighted by molar-refractivity contribution is -0.123. The first-order valence-corrected chi connectivity index (χ1v) is 11.7. The zero-order valence-corrected chi connectivity index (χ0v) is 17.8. The van der Waals surface area contributed by atoms with E-state index in [4.69, 9.17) is 4.74 Å². The molecule has 0 unspecified atom stereocenters. The Balaban J connectivity index is 2.22. The lowest BCUT2D eigenvalue weighted by atomic mass is 9.82. The Kier molecular flexibility index (Phi) is 10.3. The molecule has 0 amide bonds. The number of phenols is 1. The molecule has 2 rings (SSSR count). The van der Waals surface area contributed by atoms with Gasteiger partial charge in [0, 0.05) is 5.56 Å². The minimum atomic E-state index is -0.311. The molecule has 1 saturated carbocycles. The molecule has 0 aliphatic heterocycles. The van der Waals surface area contributed by atoms with Crippen LogP contribution in [0, 0.1) is 0 Å². The van der Waals surface area contributed by atoms with Gasteiger partial charge in [-0.3, -0.25) is 0 Å². The molecule has 0 atom stereocenters. The van der Waals surface area contributed by atoms with Gasteiger partial charge in [-0.1, -0.05) is 103 Å². The molecule has 0 heterocycles. The van der Waals surface area contributed by atoms with Crippen LogP contribution in [0.4, 0.5) is 0 Å². The number of unbranched alkanes of at least 4 members (excludes halogenated alkanes) is 6. The van der Waals surface area contributed by atoms with Crippen LogP contribution in [0.15, 0.2) is 24.3 Å². The van der Waals surface area contributed by atoms with Crippen LogP contribution in [0.3, 0.4) is 0 Å². The highest BCUT2D eigenvalue weighted by Gasteiger charge is 2.37. The van der Waals surface area contributed by atoms with Gasteiger partial charge >= 0.3 is 0 Å². The van der Waals surface area contributed by atoms with E-state index in [0.29, 0.717) is 11.9 Å². The molecule has 0 radical (unpaired) electrons. The second kappa shape index (κ2) is 12.4. The third-order valence-electron chi connectivity index (χ3n) is 6.21. The number of hydrogen-bond acceptors (Lipinski definition) is 2. The Labute approximate surface area is 167 Å². The van der Waals surface area contributed by atoms with E-state index in [1.165, 1.54) is 83.5 Å². The SMILES string of the molecule is CCCCCCC(CCCCCC)(OC1CCCCC1)c1ccccc1O. The van der Waals surface area contributed by atoms with Gasteiger partial charge in [-0.15, -0.1) is 0 Å². The molecule has 0 bridgehead atoms. The van der Waals surface area contributed by atoms with Crippen molar-refractivity contribution < 1.29 is 9.84 Å². The van der Waals surface area contributed by atoms with Crippen molar-refractivity contribution in [2.75, 3.05) is 0 Å². The van der Waals surface area contributed by atoms with E-state index in [0.717, 1.165) is 18.4 Å².